The predicted molar refractivity (Wildman–Crippen MR) is 75.5 cm³/mol. The molecular weight excluding hydrogens is 298 g/mol. The number of halogens is 1. The van der Waals surface area contributed by atoms with Crippen molar-refractivity contribution in [1.82, 2.24) is 15.1 Å². The minimum absolute atomic E-state index is 0.312. The highest BCUT2D eigenvalue weighted by molar-refractivity contribution is 9.10. The van der Waals surface area contributed by atoms with E-state index >= 15 is 0 Å². The van der Waals surface area contributed by atoms with E-state index in [4.69, 9.17) is 0 Å². The molecule has 2 aromatic heterocycles. The van der Waals surface area contributed by atoms with Crippen LogP contribution in [0.2, 0.25) is 0 Å². The standard InChI is InChI=1S/C12H16BrN3S/c1-8-4-12(16(3)15-8)11(14-2)6-10-5-9(13)7-17-10/h4-5,7,11,14H,6H2,1-3H3. The highest BCUT2D eigenvalue weighted by Gasteiger charge is 2.15. The monoisotopic (exact) mass is 313 g/mol. The first-order valence-electron chi connectivity index (χ1n) is 5.51. The van der Waals surface area contributed by atoms with Gasteiger partial charge in [-0.15, -0.1) is 11.3 Å². The van der Waals surface area contributed by atoms with E-state index in [9.17, 15) is 0 Å². The quantitative estimate of drug-likeness (QED) is 0.940. The molecule has 0 aliphatic carbocycles. The highest BCUT2D eigenvalue weighted by Crippen LogP contribution is 2.25. The summed E-state index contributed by atoms with van der Waals surface area (Å²) in [4.78, 5) is 1.37. The van der Waals surface area contributed by atoms with Crippen LogP contribution in [0.15, 0.2) is 22.0 Å². The van der Waals surface area contributed by atoms with Crippen molar-refractivity contribution >= 4 is 27.3 Å². The first-order valence-corrected chi connectivity index (χ1v) is 7.18. The van der Waals surface area contributed by atoms with E-state index in [1.54, 1.807) is 11.3 Å². The van der Waals surface area contributed by atoms with Crippen LogP contribution in [0.3, 0.4) is 0 Å². The molecule has 2 heterocycles. The van der Waals surface area contributed by atoms with Crippen LogP contribution in [0.4, 0.5) is 0 Å². The van der Waals surface area contributed by atoms with Crippen LogP contribution in [0.1, 0.15) is 22.3 Å². The lowest BCUT2D eigenvalue weighted by atomic mass is 10.1. The molecule has 0 bridgehead atoms. The van der Waals surface area contributed by atoms with Crippen LogP contribution in [-0.2, 0) is 13.5 Å². The SMILES string of the molecule is CNC(Cc1cc(Br)cs1)c1cc(C)nn1C. The van der Waals surface area contributed by atoms with Gasteiger partial charge in [0.05, 0.1) is 17.4 Å². The summed E-state index contributed by atoms with van der Waals surface area (Å²) in [5.74, 6) is 0. The van der Waals surface area contributed by atoms with Gasteiger partial charge in [-0.05, 0) is 42.0 Å². The molecule has 1 atom stereocenters. The van der Waals surface area contributed by atoms with Crippen LogP contribution in [0, 0.1) is 6.92 Å². The fourth-order valence-corrected chi connectivity index (χ4v) is 3.47. The number of hydrogen-bond donors (Lipinski definition) is 1. The Balaban J connectivity index is 2.19. The number of rotatable bonds is 4. The minimum Gasteiger partial charge on any atom is -0.311 e. The Morgan fingerprint density at radius 1 is 1.53 bits per heavy atom. The van der Waals surface area contributed by atoms with Gasteiger partial charge in [0, 0.05) is 28.2 Å². The fourth-order valence-electron chi connectivity index (χ4n) is 1.97. The van der Waals surface area contributed by atoms with Crippen molar-refractivity contribution in [2.75, 3.05) is 7.05 Å². The molecule has 0 aliphatic heterocycles. The number of nitrogens with zero attached hydrogens (tertiary/aromatic N) is 2. The molecule has 1 N–H and O–H groups in total. The third-order valence-electron chi connectivity index (χ3n) is 2.77. The van der Waals surface area contributed by atoms with Gasteiger partial charge >= 0.3 is 0 Å². The third-order valence-corrected chi connectivity index (χ3v) is 4.49. The summed E-state index contributed by atoms with van der Waals surface area (Å²) in [5.41, 5.74) is 2.30. The third kappa shape index (κ3) is 2.97. The molecule has 1 unspecified atom stereocenters. The van der Waals surface area contributed by atoms with Gasteiger partial charge in [-0.1, -0.05) is 0 Å². The molecular formula is C12H16BrN3S. The van der Waals surface area contributed by atoms with Crippen molar-refractivity contribution in [3.63, 3.8) is 0 Å². The maximum absolute atomic E-state index is 4.40. The van der Waals surface area contributed by atoms with Crippen molar-refractivity contribution in [2.45, 2.75) is 19.4 Å². The van der Waals surface area contributed by atoms with E-state index in [0.717, 1.165) is 16.6 Å². The van der Waals surface area contributed by atoms with E-state index in [2.05, 4.69) is 43.9 Å². The molecule has 5 heteroatoms. The molecule has 0 spiro atoms. The largest absolute Gasteiger partial charge is 0.311 e. The van der Waals surface area contributed by atoms with Crippen molar-refractivity contribution in [3.8, 4) is 0 Å². The van der Waals surface area contributed by atoms with E-state index in [1.165, 1.54) is 10.6 Å². The van der Waals surface area contributed by atoms with Gasteiger partial charge in [0.25, 0.3) is 0 Å². The van der Waals surface area contributed by atoms with Crippen molar-refractivity contribution in [1.29, 1.82) is 0 Å². The summed E-state index contributed by atoms with van der Waals surface area (Å²) in [6, 6.07) is 4.63. The second kappa shape index (κ2) is 5.33. The Kier molecular flexibility index (Phi) is 4.01. The van der Waals surface area contributed by atoms with Gasteiger partial charge in [0.15, 0.2) is 0 Å². The maximum atomic E-state index is 4.40. The Morgan fingerprint density at radius 2 is 2.29 bits per heavy atom. The number of aromatic nitrogens is 2. The summed E-state index contributed by atoms with van der Waals surface area (Å²) >= 11 is 5.28. The molecule has 0 saturated carbocycles. The zero-order valence-electron chi connectivity index (χ0n) is 10.2. The zero-order valence-corrected chi connectivity index (χ0v) is 12.6. The number of likely N-dealkylation sites (N-methyl/N-ethyl adjacent to an activating group) is 1. The van der Waals surface area contributed by atoms with Gasteiger partial charge in [0.2, 0.25) is 0 Å². The normalized spacial score (nSPS) is 12.9. The van der Waals surface area contributed by atoms with Crippen LogP contribution in [0.5, 0.6) is 0 Å². The van der Waals surface area contributed by atoms with E-state index in [-0.39, 0.29) is 0 Å². The summed E-state index contributed by atoms with van der Waals surface area (Å²) in [6.07, 6.45) is 0.992. The van der Waals surface area contributed by atoms with Crippen LogP contribution < -0.4 is 5.32 Å². The maximum Gasteiger partial charge on any atom is 0.0597 e. The number of hydrogen-bond acceptors (Lipinski definition) is 3. The first kappa shape index (κ1) is 12.8. The number of aryl methyl sites for hydroxylation is 2. The molecule has 2 rings (SSSR count). The van der Waals surface area contributed by atoms with Gasteiger partial charge in [-0.2, -0.15) is 5.10 Å². The van der Waals surface area contributed by atoms with Gasteiger partial charge in [0.1, 0.15) is 0 Å². The molecule has 0 amide bonds. The van der Waals surface area contributed by atoms with Crippen molar-refractivity contribution in [2.24, 2.45) is 7.05 Å². The van der Waals surface area contributed by atoms with E-state index < -0.39 is 0 Å². The van der Waals surface area contributed by atoms with E-state index in [1.807, 2.05) is 25.7 Å². The topological polar surface area (TPSA) is 29.9 Å². The molecule has 0 saturated heterocycles. The van der Waals surface area contributed by atoms with Crippen LogP contribution >= 0.6 is 27.3 Å². The minimum atomic E-state index is 0.312. The van der Waals surface area contributed by atoms with Gasteiger partial charge in [-0.3, -0.25) is 4.68 Å². The molecule has 17 heavy (non-hydrogen) atoms. The lowest BCUT2D eigenvalue weighted by molar-refractivity contribution is 0.540. The molecule has 3 nitrogen and oxygen atoms in total. The molecule has 92 valence electrons. The smallest absolute Gasteiger partial charge is 0.0597 e. The Labute approximate surface area is 114 Å². The predicted octanol–water partition coefficient (Wildman–Crippen LogP) is 3.06. The Morgan fingerprint density at radius 3 is 2.76 bits per heavy atom. The summed E-state index contributed by atoms with van der Waals surface area (Å²) < 4.78 is 3.12. The average molecular weight is 314 g/mol. The van der Waals surface area contributed by atoms with Gasteiger partial charge in [-0.25, -0.2) is 0 Å². The second-order valence-electron chi connectivity index (χ2n) is 4.11. The molecule has 2 aromatic rings. The molecule has 0 aromatic carbocycles. The molecule has 0 aliphatic rings. The van der Waals surface area contributed by atoms with Crippen LogP contribution in [0.25, 0.3) is 0 Å². The molecule has 0 radical (unpaired) electrons. The average Bonchev–Trinajstić information content (AvgIpc) is 2.82. The Hall–Kier alpha value is -0.650. The van der Waals surface area contributed by atoms with Crippen molar-refractivity contribution in [3.05, 3.63) is 38.3 Å². The highest BCUT2D eigenvalue weighted by atomic mass is 79.9. The lowest BCUT2D eigenvalue weighted by Crippen LogP contribution is -2.21. The summed E-state index contributed by atoms with van der Waals surface area (Å²) in [6.45, 7) is 2.03. The Bertz CT molecular complexity index is 504. The second-order valence-corrected chi connectivity index (χ2v) is 6.02. The zero-order chi connectivity index (χ0) is 12.4. The van der Waals surface area contributed by atoms with E-state index in [0.29, 0.717) is 6.04 Å². The number of thiophene rings is 1. The fraction of sp³-hybridized carbons (Fsp3) is 0.417. The summed E-state index contributed by atoms with van der Waals surface area (Å²) in [5, 5.41) is 9.88. The van der Waals surface area contributed by atoms with Crippen LogP contribution in [-0.4, -0.2) is 16.8 Å². The number of nitrogens with one attached hydrogen (secondary N) is 1. The molecule has 0 fully saturated rings. The lowest BCUT2D eigenvalue weighted by Gasteiger charge is -2.15. The van der Waals surface area contributed by atoms with Gasteiger partial charge < -0.3 is 5.32 Å². The summed E-state index contributed by atoms with van der Waals surface area (Å²) in [7, 11) is 3.99. The first-order chi connectivity index (χ1) is 8.10. The van der Waals surface area contributed by atoms with Crippen molar-refractivity contribution < 1.29 is 0 Å².